The number of anilines is 2. The van der Waals surface area contributed by atoms with Crippen LogP contribution in [0.4, 0.5) is 11.4 Å². The average molecular weight is 341 g/mol. The van der Waals surface area contributed by atoms with E-state index in [0.29, 0.717) is 12.0 Å². The molecular formula is C15H21BrN2O2. The fraction of sp³-hybridized carbons (Fsp3) is 0.533. The van der Waals surface area contributed by atoms with Crippen LogP contribution in [0.5, 0.6) is 0 Å². The first-order chi connectivity index (χ1) is 9.56. The van der Waals surface area contributed by atoms with Crippen molar-refractivity contribution >= 4 is 33.2 Å². The molecule has 1 aliphatic rings. The Morgan fingerprint density at radius 3 is 2.70 bits per heavy atom. The second-order valence-electron chi connectivity index (χ2n) is 5.26. The first kappa shape index (κ1) is 15.3. The minimum absolute atomic E-state index is 0.0619. The van der Waals surface area contributed by atoms with Gasteiger partial charge < -0.3 is 15.4 Å². The summed E-state index contributed by atoms with van der Waals surface area (Å²) >= 11 is 3.55. The Morgan fingerprint density at radius 2 is 2.10 bits per heavy atom. The molecule has 1 atom stereocenters. The third-order valence-corrected chi connectivity index (χ3v) is 4.30. The molecule has 110 valence electrons. The molecule has 20 heavy (non-hydrogen) atoms. The maximum absolute atomic E-state index is 11.0. The predicted octanol–water partition coefficient (Wildman–Crippen LogP) is 3.63. The van der Waals surface area contributed by atoms with Crippen LogP contribution in [0.25, 0.3) is 0 Å². The SMILES string of the molecule is CC(=O)Nc1ccc(N[C@H](C)C2CCOCC2)c(Br)c1. The molecule has 2 N–H and O–H groups in total. The Kier molecular flexibility index (Phi) is 5.43. The van der Waals surface area contributed by atoms with Gasteiger partial charge in [-0.15, -0.1) is 0 Å². The molecule has 5 heteroatoms. The summed E-state index contributed by atoms with van der Waals surface area (Å²) < 4.78 is 6.36. The molecular weight excluding hydrogens is 320 g/mol. The maximum Gasteiger partial charge on any atom is 0.221 e. The Bertz CT molecular complexity index is 473. The zero-order valence-corrected chi connectivity index (χ0v) is 13.5. The van der Waals surface area contributed by atoms with Crippen LogP contribution >= 0.6 is 15.9 Å². The van der Waals surface area contributed by atoms with E-state index in [1.54, 1.807) is 0 Å². The molecule has 0 bridgehead atoms. The van der Waals surface area contributed by atoms with E-state index in [4.69, 9.17) is 4.74 Å². The van der Waals surface area contributed by atoms with E-state index in [1.807, 2.05) is 18.2 Å². The highest BCUT2D eigenvalue weighted by atomic mass is 79.9. The van der Waals surface area contributed by atoms with E-state index in [9.17, 15) is 4.79 Å². The summed E-state index contributed by atoms with van der Waals surface area (Å²) in [7, 11) is 0. The summed E-state index contributed by atoms with van der Waals surface area (Å²) in [5.41, 5.74) is 1.85. The van der Waals surface area contributed by atoms with Crippen LogP contribution in [0.3, 0.4) is 0 Å². The Balaban J connectivity index is 1.99. The second kappa shape index (κ2) is 7.09. The fourth-order valence-electron chi connectivity index (χ4n) is 2.49. The third kappa shape index (κ3) is 4.21. The number of hydrogen-bond donors (Lipinski definition) is 2. The van der Waals surface area contributed by atoms with Gasteiger partial charge in [0.1, 0.15) is 0 Å². The summed E-state index contributed by atoms with van der Waals surface area (Å²) in [6.45, 7) is 5.44. The van der Waals surface area contributed by atoms with Crippen LogP contribution < -0.4 is 10.6 Å². The molecule has 0 aliphatic carbocycles. The van der Waals surface area contributed by atoms with Crippen LogP contribution in [0, 0.1) is 5.92 Å². The average Bonchev–Trinajstić information content (AvgIpc) is 2.42. The molecule has 1 amide bonds. The molecule has 1 heterocycles. The summed E-state index contributed by atoms with van der Waals surface area (Å²) in [6.07, 6.45) is 2.21. The number of carbonyl (C=O) groups excluding carboxylic acids is 1. The smallest absolute Gasteiger partial charge is 0.221 e. The lowest BCUT2D eigenvalue weighted by atomic mass is 9.93. The summed E-state index contributed by atoms with van der Waals surface area (Å²) in [5.74, 6) is 0.582. The van der Waals surface area contributed by atoms with Gasteiger partial charge in [-0.2, -0.15) is 0 Å². The topological polar surface area (TPSA) is 50.4 Å². The summed E-state index contributed by atoms with van der Waals surface area (Å²) in [4.78, 5) is 11.0. The second-order valence-corrected chi connectivity index (χ2v) is 6.11. The van der Waals surface area contributed by atoms with E-state index in [2.05, 4.69) is 33.5 Å². The molecule has 0 aromatic heterocycles. The summed E-state index contributed by atoms with van der Waals surface area (Å²) in [5, 5.41) is 6.32. The zero-order chi connectivity index (χ0) is 14.5. The molecule has 0 spiro atoms. The van der Waals surface area contributed by atoms with Crippen LogP contribution in [0.15, 0.2) is 22.7 Å². The van der Waals surface area contributed by atoms with Gasteiger partial charge >= 0.3 is 0 Å². The van der Waals surface area contributed by atoms with Gasteiger partial charge in [0.15, 0.2) is 0 Å². The number of hydrogen-bond acceptors (Lipinski definition) is 3. The van der Waals surface area contributed by atoms with E-state index >= 15 is 0 Å². The number of nitrogens with one attached hydrogen (secondary N) is 2. The van der Waals surface area contributed by atoms with Crippen LogP contribution in [-0.4, -0.2) is 25.2 Å². The number of rotatable bonds is 4. The molecule has 1 saturated heterocycles. The molecule has 1 aromatic carbocycles. The van der Waals surface area contributed by atoms with Crippen molar-refractivity contribution < 1.29 is 9.53 Å². The van der Waals surface area contributed by atoms with E-state index < -0.39 is 0 Å². The normalized spacial score (nSPS) is 17.6. The molecule has 4 nitrogen and oxygen atoms in total. The van der Waals surface area contributed by atoms with Crippen molar-refractivity contribution in [3.8, 4) is 0 Å². The highest BCUT2D eigenvalue weighted by Crippen LogP contribution is 2.29. The molecule has 1 aromatic rings. The number of halogens is 1. The van der Waals surface area contributed by atoms with E-state index in [0.717, 1.165) is 41.9 Å². The first-order valence-electron chi connectivity index (χ1n) is 6.97. The van der Waals surface area contributed by atoms with Gasteiger partial charge in [0.2, 0.25) is 5.91 Å². The van der Waals surface area contributed by atoms with Crippen molar-refractivity contribution in [1.82, 2.24) is 0 Å². The van der Waals surface area contributed by atoms with E-state index in [1.165, 1.54) is 6.92 Å². The van der Waals surface area contributed by atoms with Crippen molar-refractivity contribution in [2.24, 2.45) is 5.92 Å². The van der Waals surface area contributed by atoms with Gasteiger partial charge in [0.05, 0.1) is 0 Å². The Hall–Kier alpha value is -1.07. The van der Waals surface area contributed by atoms with Crippen molar-refractivity contribution in [3.63, 3.8) is 0 Å². The molecule has 0 saturated carbocycles. The molecule has 0 radical (unpaired) electrons. The standard InChI is InChI=1S/C15H21BrN2O2/c1-10(12-5-7-20-8-6-12)17-15-4-3-13(9-14(15)16)18-11(2)19/h3-4,9-10,12,17H,5-8H2,1-2H3,(H,18,19)/t10-/m1/s1. The minimum Gasteiger partial charge on any atom is -0.381 e. The largest absolute Gasteiger partial charge is 0.381 e. The van der Waals surface area contributed by atoms with Gasteiger partial charge in [0.25, 0.3) is 0 Å². The van der Waals surface area contributed by atoms with Crippen molar-refractivity contribution in [1.29, 1.82) is 0 Å². The van der Waals surface area contributed by atoms with Crippen molar-refractivity contribution in [2.45, 2.75) is 32.7 Å². The Morgan fingerprint density at radius 1 is 1.40 bits per heavy atom. The highest BCUT2D eigenvalue weighted by Gasteiger charge is 2.20. The summed E-state index contributed by atoms with van der Waals surface area (Å²) in [6, 6.07) is 6.22. The molecule has 1 aliphatic heterocycles. The zero-order valence-electron chi connectivity index (χ0n) is 11.9. The lowest BCUT2D eigenvalue weighted by Crippen LogP contribution is -2.31. The van der Waals surface area contributed by atoms with Crippen LogP contribution in [0.2, 0.25) is 0 Å². The quantitative estimate of drug-likeness (QED) is 0.879. The highest BCUT2D eigenvalue weighted by molar-refractivity contribution is 9.10. The number of amides is 1. The number of ether oxygens (including phenoxy) is 1. The van der Waals surface area contributed by atoms with Crippen LogP contribution in [-0.2, 0) is 9.53 Å². The molecule has 2 rings (SSSR count). The maximum atomic E-state index is 11.0. The fourth-order valence-corrected chi connectivity index (χ4v) is 2.99. The first-order valence-corrected chi connectivity index (χ1v) is 7.77. The van der Waals surface area contributed by atoms with Gasteiger partial charge in [0, 0.05) is 42.0 Å². The predicted molar refractivity (Wildman–Crippen MR) is 85.1 cm³/mol. The van der Waals surface area contributed by atoms with Gasteiger partial charge in [-0.1, -0.05) is 0 Å². The van der Waals surface area contributed by atoms with Crippen LogP contribution in [0.1, 0.15) is 26.7 Å². The monoisotopic (exact) mass is 340 g/mol. The lowest BCUT2D eigenvalue weighted by Gasteiger charge is -2.29. The van der Waals surface area contributed by atoms with E-state index in [-0.39, 0.29) is 5.91 Å². The Labute approximate surface area is 128 Å². The van der Waals surface area contributed by atoms with Gasteiger partial charge in [-0.25, -0.2) is 0 Å². The lowest BCUT2D eigenvalue weighted by molar-refractivity contribution is -0.114. The third-order valence-electron chi connectivity index (χ3n) is 3.65. The van der Waals surface area contributed by atoms with Crippen molar-refractivity contribution in [3.05, 3.63) is 22.7 Å². The molecule has 0 unspecified atom stereocenters. The van der Waals surface area contributed by atoms with Gasteiger partial charge in [-0.05, 0) is 59.8 Å². The molecule has 1 fully saturated rings. The van der Waals surface area contributed by atoms with Gasteiger partial charge in [-0.3, -0.25) is 4.79 Å². The van der Waals surface area contributed by atoms with Crippen molar-refractivity contribution in [2.75, 3.05) is 23.8 Å². The number of carbonyl (C=O) groups is 1. The number of benzene rings is 1. The minimum atomic E-state index is -0.0619.